The molecule has 0 radical (unpaired) electrons. The number of methoxy groups -OCH3 is 2. The van der Waals surface area contributed by atoms with Crippen molar-refractivity contribution in [3.8, 4) is 11.5 Å². The zero-order valence-electron chi connectivity index (χ0n) is 17.6. The molecule has 1 fully saturated rings. The Hall–Kier alpha value is -2.58. The summed E-state index contributed by atoms with van der Waals surface area (Å²) in [6.45, 7) is 4.34. The fourth-order valence-electron chi connectivity index (χ4n) is 3.50. The van der Waals surface area contributed by atoms with Crippen molar-refractivity contribution in [2.45, 2.75) is 19.4 Å². The van der Waals surface area contributed by atoms with E-state index in [2.05, 4.69) is 10.2 Å². The Balaban J connectivity index is 1.38. The van der Waals surface area contributed by atoms with E-state index < -0.39 is 0 Å². The summed E-state index contributed by atoms with van der Waals surface area (Å²) in [7, 11) is 3.33. The van der Waals surface area contributed by atoms with Crippen LogP contribution in [0.15, 0.2) is 35.7 Å². The Morgan fingerprint density at radius 2 is 1.90 bits per heavy atom. The van der Waals surface area contributed by atoms with Crippen LogP contribution in [0, 0.1) is 0 Å². The number of nitrogens with one attached hydrogen (secondary N) is 1. The Bertz CT molecular complexity index is 833. The van der Waals surface area contributed by atoms with Crippen LogP contribution in [0.1, 0.15) is 28.1 Å². The molecule has 3 rings (SSSR count). The smallest absolute Gasteiger partial charge is 0.261 e. The number of hydrogen-bond donors (Lipinski definition) is 1. The number of carbonyl (C=O) groups excluding carboxylic acids is 2. The van der Waals surface area contributed by atoms with Gasteiger partial charge in [-0.3, -0.25) is 14.5 Å². The molecule has 1 N–H and O–H groups in total. The number of rotatable bonds is 9. The number of amides is 2. The van der Waals surface area contributed by atoms with Crippen LogP contribution in [0.2, 0.25) is 0 Å². The first kappa shape index (κ1) is 22.1. The SMILES string of the molecule is COc1ccc(OC)c(CN2CCN(C(=O)CCCNC(=O)c3cccs3)CC2)c1. The van der Waals surface area contributed by atoms with E-state index in [1.807, 2.05) is 34.5 Å². The molecule has 0 aliphatic carbocycles. The predicted octanol–water partition coefficient (Wildman–Crippen LogP) is 2.62. The van der Waals surface area contributed by atoms with Crippen molar-refractivity contribution in [1.29, 1.82) is 0 Å². The molecule has 2 amide bonds. The van der Waals surface area contributed by atoms with Crippen LogP contribution in [0.3, 0.4) is 0 Å². The van der Waals surface area contributed by atoms with Gasteiger partial charge in [0.05, 0.1) is 19.1 Å². The standard InChI is InChI=1S/C22H29N3O4S/c1-28-18-7-8-19(29-2)17(15-18)16-24-10-12-25(13-11-24)21(26)6-3-9-23-22(27)20-5-4-14-30-20/h4-5,7-8,14-15H,3,6,9-13,16H2,1-2H3,(H,23,27). The topological polar surface area (TPSA) is 71.1 Å². The molecule has 8 heteroatoms. The summed E-state index contributed by atoms with van der Waals surface area (Å²) in [5, 5.41) is 4.75. The Kier molecular flexibility index (Phi) is 8.10. The molecular weight excluding hydrogens is 402 g/mol. The molecular formula is C22H29N3O4S. The summed E-state index contributed by atoms with van der Waals surface area (Å²) in [5.41, 5.74) is 1.08. The number of hydrogen-bond acceptors (Lipinski definition) is 6. The van der Waals surface area contributed by atoms with E-state index >= 15 is 0 Å². The highest BCUT2D eigenvalue weighted by Crippen LogP contribution is 2.25. The van der Waals surface area contributed by atoms with Gasteiger partial charge in [0.15, 0.2) is 0 Å². The molecule has 0 unspecified atom stereocenters. The van der Waals surface area contributed by atoms with Crippen molar-refractivity contribution in [3.05, 3.63) is 46.2 Å². The van der Waals surface area contributed by atoms with E-state index in [9.17, 15) is 9.59 Å². The summed E-state index contributed by atoms with van der Waals surface area (Å²) in [6.07, 6.45) is 1.10. The van der Waals surface area contributed by atoms with Crippen LogP contribution in [-0.2, 0) is 11.3 Å². The molecule has 1 saturated heterocycles. The Morgan fingerprint density at radius 3 is 2.57 bits per heavy atom. The van der Waals surface area contributed by atoms with Gasteiger partial charge in [0.25, 0.3) is 5.91 Å². The van der Waals surface area contributed by atoms with E-state index in [0.717, 1.165) is 36.7 Å². The van der Waals surface area contributed by atoms with Gasteiger partial charge in [-0.05, 0) is 36.1 Å². The first-order valence-electron chi connectivity index (χ1n) is 10.1. The summed E-state index contributed by atoms with van der Waals surface area (Å²) < 4.78 is 10.8. The van der Waals surface area contributed by atoms with Gasteiger partial charge in [0, 0.05) is 51.3 Å². The van der Waals surface area contributed by atoms with E-state index in [1.165, 1.54) is 11.3 Å². The fourth-order valence-corrected chi connectivity index (χ4v) is 4.14. The van der Waals surface area contributed by atoms with Gasteiger partial charge < -0.3 is 19.7 Å². The summed E-state index contributed by atoms with van der Waals surface area (Å²) in [4.78, 5) is 29.3. The summed E-state index contributed by atoms with van der Waals surface area (Å²) in [5.74, 6) is 1.74. The first-order chi connectivity index (χ1) is 14.6. The molecule has 162 valence electrons. The van der Waals surface area contributed by atoms with Crippen LogP contribution in [0.5, 0.6) is 11.5 Å². The zero-order valence-corrected chi connectivity index (χ0v) is 18.4. The van der Waals surface area contributed by atoms with E-state index in [4.69, 9.17) is 9.47 Å². The maximum atomic E-state index is 12.5. The van der Waals surface area contributed by atoms with E-state index in [0.29, 0.717) is 37.4 Å². The van der Waals surface area contributed by atoms with E-state index in [1.54, 1.807) is 20.3 Å². The van der Waals surface area contributed by atoms with Crippen molar-refractivity contribution >= 4 is 23.2 Å². The summed E-state index contributed by atoms with van der Waals surface area (Å²) >= 11 is 1.42. The van der Waals surface area contributed by atoms with Crippen molar-refractivity contribution in [2.24, 2.45) is 0 Å². The normalized spacial score (nSPS) is 14.4. The molecule has 0 saturated carbocycles. The van der Waals surface area contributed by atoms with Gasteiger partial charge in [-0.25, -0.2) is 0 Å². The molecule has 2 aromatic rings. The zero-order chi connectivity index (χ0) is 21.3. The van der Waals surface area contributed by atoms with Gasteiger partial charge in [-0.2, -0.15) is 0 Å². The van der Waals surface area contributed by atoms with Crippen molar-refractivity contribution in [3.63, 3.8) is 0 Å². The minimum Gasteiger partial charge on any atom is -0.497 e. The molecule has 0 spiro atoms. The molecule has 1 aromatic carbocycles. The average Bonchev–Trinajstić information content (AvgIpc) is 3.32. The third-order valence-electron chi connectivity index (χ3n) is 5.20. The third kappa shape index (κ3) is 5.96. The lowest BCUT2D eigenvalue weighted by atomic mass is 10.1. The minimum absolute atomic E-state index is 0.0703. The van der Waals surface area contributed by atoms with Crippen LogP contribution in [0.4, 0.5) is 0 Å². The number of ether oxygens (including phenoxy) is 2. The maximum absolute atomic E-state index is 12.5. The second-order valence-electron chi connectivity index (χ2n) is 7.17. The van der Waals surface area contributed by atoms with Crippen LogP contribution < -0.4 is 14.8 Å². The Morgan fingerprint density at radius 1 is 1.10 bits per heavy atom. The second kappa shape index (κ2) is 11.0. The van der Waals surface area contributed by atoms with Crippen LogP contribution in [0.25, 0.3) is 0 Å². The van der Waals surface area contributed by atoms with Gasteiger partial charge in [0.1, 0.15) is 11.5 Å². The highest BCUT2D eigenvalue weighted by molar-refractivity contribution is 7.12. The number of thiophene rings is 1. The number of benzene rings is 1. The van der Waals surface area contributed by atoms with Gasteiger partial charge in [0.2, 0.25) is 5.91 Å². The van der Waals surface area contributed by atoms with Gasteiger partial charge in [-0.15, -0.1) is 11.3 Å². The largest absolute Gasteiger partial charge is 0.497 e. The third-order valence-corrected chi connectivity index (χ3v) is 6.07. The lowest BCUT2D eigenvalue weighted by Crippen LogP contribution is -2.48. The van der Waals surface area contributed by atoms with Gasteiger partial charge in [-0.1, -0.05) is 6.07 Å². The minimum atomic E-state index is -0.0703. The number of piperazine rings is 1. The van der Waals surface area contributed by atoms with Crippen LogP contribution in [-0.4, -0.2) is 68.6 Å². The molecule has 0 atom stereocenters. The quantitative estimate of drug-likeness (QED) is 0.618. The number of nitrogens with zero attached hydrogens (tertiary/aromatic N) is 2. The van der Waals surface area contributed by atoms with Crippen molar-refractivity contribution in [2.75, 3.05) is 46.9 Å². The van der Waals surface area contributed by atoms with Gasteiger partial charge >= 0.3 is 0 Å². The van der Waals surface area contributed by atoms with Crippen molar-refractivity contribution in [1.82, 2.24) is 15.1 Å². The monoisotopic (exact) mass is 431 g/mol. The molecule has 1 aliphatic heterocycles. The lowest BCUT2D eigenvalue weighted by molar-refractivity contribution is -0.133. The second-order valence-corrected chi connectivity index (χ2v) is 8.12. The van der Waals surface area contributed by atoms with Crippen LogP contribution >= 0.6 is 11.3 Å². The first-order valence-corrected chi connectivity index (χ1v) is 11.0. The molecule has 2 heterocycles. The Labute approximate surface area is 181 Å². The fraction of sp³-hybridized carbons (Fsp3) is 0.455. The maximum Gasteiger partial charge on any atom is 0.261 e. The highest BCUT2D eigenvalue weighted by Gasteiger charge is 2.21. The molecule has 30 heavy (non-hydrogen) atoms. The molecule has 7 nitrogen and oxygen atoms in total. The molecule has 1 aliphatic rings. The highest BCUT2D eigenvalue weighted by atomic mass is 32.1. The molecule has 0 bridgehead atoms. The van der Waals surface area contributed by atoms with E-state index in [-0.39, 0.29) is 11.8 Å². The number of carbonyl (C=O) groups is 2. The van der Waals surface area contributed by atoms with Crippen molar-refractivity contribution < 1.29 is 19.1 Å². The predicted molar refractivity (Wildman–Crippen MR) is 117 cm³/mol. The lowest BCUT2D eigenvalue weighted by Gasteiger charge is -2.35. The molecule has 1 aromatic heterocycles. The average molecular weight is 432 g/mol. The summed E-state index contributed by atoms with van der Waals surface area (Å²) in [6, 6.07) is 9.46.